The monoisotopic (exact) mass is 399 g/mol. The Hall–Kier alpha value is -3.60. The number of nitrogens with one attached hydrogen (secondary N) is 1. The molecular formula is C25H25N3O2. The van der Waals surface area contributed by atoms with Crippen molar-refractivity contribution in [3.05, 3.63) is 95.9 Å². The molecule has 0 aliphatic rings. The summed E-state index contributed by atoms with van der Waals surface area (Å²) in [6.45, 7) is 2.39. The van der Waals surface area contributed by atoms with Crippen LogP contribution < -0.4 is 10.1 Å². The molecule has 4 rings (SSSR count). The molecule has 2 aromatic carbocycles. The van der Waals surface area contributed by atoms with Crippen LogP contribution in [-0.4, -0.2) is 15.5 Å². The first kappa shape index (κ1) is 19.7. The molecule has 0 bridgehead atoms. The van der Waals surface area contributed by atoms with Crippen LogP contribution in [0.25, 0.3) is 10.9 Å². The highest BCUT2D eigenvalue weighted by Gasteiger charge is 2.14. The van der Waals surface area contributed by atoms with Gasteiger partial charge in [0.15, 0.2) is 0 Å². The molecule has 2 heterocycles. The molecule has 0 fully saturated rings. The van der Waals surface area contributed by atoms with Crippen LogP contribution in [0.4, 0.5) is 0 Å². The Bertz CT molecular complexity index is 1150. The summed E-state index contributed by atoms with van der Waals surface area (Å²) in [5, 5.41) is 4.22. The number of pyridine rings is 1. The van der Waals surface area contributed by atoms with Crippen molar-refractivity contribution in [1.82, 2.24) is 14.9 Å². The highest BCUT2D eigenvalue weighted by molar-refractivity contribution is 5.89. The van der Waals surface area contributed by atoms with Crippen molar-refractivity contribution in [1.29, 1.82) is 0 Å². The molecule has 1 atom stereocenters. The first-order chi connectivity index (χ1) is 14.6. The van der Waals surface area contributed by atoms with Gasteiger partial charge in [-0.05, 0) is 48.4 Å². The normalized spacial score (nSPS) is 11.9. The maximum absolute atomic E-state index is 12.7. The maximum atomic E-state index is 12.7. The average molecular weight is 399 g/mol. The molecule has 0 saturated carbocycles. The van der Waals surface area contributed by atoms with Gasteiger partial charge in [0.1, 0.15) is 12.4 Å². The molecule has 2 aromatic heterocycles. The van der Waals surface area contributed by atoms with Crippen LogP contribution in [0.5, 0.6) is 5.75 Å². The lowest BCUT2D eigenvalue weighted by Crippen LogP contribution is -2.28. The van der Waals surface area contributed by atoms with Crippen molar-refractivity contribution >= 4 is 16.8 Å². The number of aryl methyl sites for hydroxylation is 1. The van der Waals surface area contributed by atoms with E-state index in [4.69, 9.17) is 4.74 Å². The summed E-state index contributed by atoms with van der Waals surface area (Å²) in [6, 6.07) is 21.6. The number of fused-ring (bicyclic) bond motifs is 1. The molecular weight excluding hydrogens is 374 g/mol. The minimum absolute atomic E-state index is 0.00124. The molecule has 0 radical (unpaired) electrons. The number of amides is 1. The molecule has 0 aliphatic carbocycles. The number of carbonyl (C=O) groups excluding carboxylic acids is 1. The lowest BCUT2D eigenvalue weighted by molar-refractivity contribution is -0.121. The molecule has 5 nitrogen and oxygen atoms in total. The fraction of sp³-hybridized carbons (Fsp3) is 0.200. The fourth-order valence-electron chi connectivity index (χ4n) is 3.63. The van der Waals surface area contributed by atoms with Gasteiger partial charge >= 0.3 is 0 Å². The Labute approximate surface area is 176 Å². The zero-order chi connectivity index (χ0) is 20.9. The van der Waals surface area contributed by atoms with Crippen molar-refractivity contribution in [3.63, 3.8) is 0 Å². The molecule has 30 heavy (non-hydrogen) atoms. The third-order valence-corrected chi connectivity index (χ3v) is 5.18. The van der Waals surface area contributed by atoms with Crippen LogP contribution in [0.1, 0.15) is 29.8 Å². The van der Waals surface area contributed by atoms with Crippen LogP contribution in [0.2, 0.25) is 0 Å². The van der Waals surface area contributed by atoms with E-state index in [1.165, 1.54) is 0 Å². The van der Waals surface area contributed by atoms with Gasteiger partial charge in [0.05, 0.1) is 18.2 Å². The van der Waals surface area contributed by atoms with E-state index in [9.17, 15) is 4.79 Å². The Morgan fingerprint density at radius 3 is 2.77 bits per heavy atom. The van der Waals surface area contributed by atoms with E-state index < -0.39 is 0 Å². The second-order valence-corrected chi connectivity index (χ2v) is 7.43. The van der Waals surface area contributed by atoms with Crippen LogP contribution in [0, 0.1) is 0 Å². The number of para-hydroxylation sites is 1. The van der Waals surface area contributed by atoms with E-state index in [0.29, 0.717) is 13.0 Å². The molecule has 0 saturated heterocycles. The standard InChI is InChI=1S/C25H25N3O2/c1-18(19-8-7-10-22(14-19)30-17-21-9-5-6-13-26-21)27-25(29)15-20-16-28(2)24-12-4-3-11-23(20)24/h3-14,16,18H,15,17H2,1-2H3,(H,27,29). The molecule has 1 unspecified atom stereocenters. The molecule has 1 amide bonds. The molecule has 4 aromatic rings. The number of nitrogens with zero attached hydrogens (tertiary/aromatic N) is 2. The predicted molar refractivity (Wildman–Crippen MR) is 118 cm³/mol. The van der Waals surface area contributed by atoms with Crippen LogP contribution in [-0.2, 0) is 24.9 Å². The first-order valence-corrected chi connectivity index (χ1v) is 10.0. The van der Waals surface area contributed by atoms with Gasteiger partial charge < -0.3 is 14.6 Å². The minimum atomic E-state index is -0.120. The number of aromatic nitrogens is 2. The quantitative estimate of drug-likeness (QED) is 0.495. The fourth-order valence-corrected chi connectivity index (χ4v) is 3.63. The van der Waals surface area contributed by atoms with Crippen molar-refractivity contribution in [3.8, 4) is 5.75 Å². The number of carbonyl (C=O) groups is 1. The summed E-state index contributed by atoms with van der Waals surface area (Å²) in [4.78, 5) is 17.0. The molecule has 5 heteroatoms. The SMILES string of the molecule is CC(NC(=O)Cc1cn(C)c2ccccc12)c1cccc(OCc2ccccn2)c1. The van der Waals surface area contributed by atoms with E-state index in [1.54, 1.807) is 6.20 Å². The lowest BCUT2D eigenvalue weighted by atomic mass is 10.1. The Balaban J connectivity index is 1.39. The second kappa shape index (κ2) is 8.82. The Morgan fingerprint density at radius 2 is 1.93 bits per heavy atom. The van der Waals surface area contributed by atoms with E-state index in [2.05, 4.69) is 27.0 Å². The molecule has 0 spiro atoms. The molecule has 1 N–H and O–H groups in total. The molecule has 0 aliphatic heterocycles. The average Bonchev–Trinajstić information content (AvgIpc) is 3.08. The summed E-state index contributed by atoms with van der Waals surface area (Å²) < 4.78 is 7.92. The van der Waals surface area contributed by atoms with Gasteiger partial charge in [0.2, 0.25) is 5.91 Å². The summed E-state index contributed by atoms with van der Waals surface area (Å²) in [7, 11) is 2.00. The third-order valence-electron chi connectivity index (χ3n) is 5.18. The van der Waals surface area contributed by atoms with Gasteiger partial charge in [-0.15, -0.1) is 0 Å². The zero-order valence-electron chi connectivity index (χ0n) is 17.2. The van der Waals surface area contributed by atoms with Gasteiger partial charge in [0.25, 0.3) is 0 Å². The van der Waals surface area contributed by atoms with Gasteiger partial charge in [-0.1, -0.05) is 36.4 Å². The van der Waals surface area contributed by atoms with Crippen LogP contribution in [0.3, 0.4) is 0 Å². The lowest BCUT2D eigenvalue weighted by Gasteiger charge is -2.15. The smallest absolute Gasteiger partial charge is 0.224 e. The summed E-state index contributed by atoms with van der Waals surface area (Å²) in [5.41, 5.74) is 4.04. The summed E-state index contributed by atoms with van der Waals surface area (Å²) >= 11 is 0. The van der Waals surface area contributed by atoms with E-state index >= 15 is 0 Å². The van der Waals surface area contributed by atoms with Crippen molar-refractivity contribution < 1.29 is 9.53 Å². The minimum Gasteiger partial charge on any atom is -0.487 e. The Kier molecular flexibility index (Phi) is 5.80. The number of benzene rings is 2. The van der Waals surface area contributed by atoms with Gasteiger partial charge in [-0.2, -0.15) is 0 Å². The van der Waals surface area contributed by atoms with E-state index in [1.807, 2.05) is 74.8 Å². The predicted octanol–water partition coefficient (Wildman–Crippen LogP) is 4.57. The number of rotatable bonds is 7. The van der Waals surface area contributed by atoms with Gasteiger partial charge in [0, 0.05) is 30.3 Å². The van der Waals surface area contributed by atoms with Crippen LogP contribution in [0.15, 0.2) is 79.1 Å². The highest BCUT2D eigenvalue weighted by atomic mass is 16.5. The topological polar surface area (TPSA) is 56.2 Å². The zero-order valence-corrected chi connectivity index (χ0v) is 17.2. The maximum Gasteiger partial charge on any atom is 0.224 e. The van der Waals surface area contributed by atoms with Gasteiger partial charge in [-0.3, -0.25) is 9.78 Å². The molecule has 152 valence electrons. The highest BCUT2D eigenvalue weighted by Crippen LogP contribution is 2.22. The number of hydrogen-bond donors (Lipinski definition) is 1. The van der Waals surface area contributed by atoms with Crippen molar-refractivity contribution in [2.45, 2.75) is 26.0 Å². The van der Waals surface area contributed by atoms with E-state index in [0.717, 1.165) is 33.5 Å². The number of hydrogen-bond acceptors (Lipinski definition) is 3. The summed E-state index contributed by atoms with van der Waals surface area (Å²) in [6.07, 6.45) is 4.13. The largest absolute Gasteiger partial charge is 0.487 e. The third kappa shape index (κ3) is 4.51. The van der Waals surface area contributed by atoms with E-state index in [-0.39, 0.29) is 11.9 Å². The first-order valence-electron chi connectivity index (χ1n) is 10.0. The number of ether oxygens (including phenoxy) is 1. The van der Waals surface area contributed by atoms with Crippen molar-refractivity contribution in [2.75, 3.05) is 0 Å². The second-order valence-electron chi connectivity index (χ2n) is 7.43. The van der Waals surface area contributed by atoms with Crippen molar-refractivity contribution in [2.24, 2.45) is 7.05 Å². The van der Waals surface area contributed by atoms with Gasteiger partial charge in [-0.25, -0.2) is 0 Å². The Morgan fingerprint density at radius 1 is 1.10 bits per heavy atom. The summed E-state index contributed by atoms with van der Waals surface area (Å²) in [5.74, 6) is 0.756. The van der Waals surface area contributed by atoms with Crippen LogP contribution >= 0.6 is 0 Å².